The molecule has 0 bridgehead atoms. The molecule has 0 N–H and O–H groups in total. The average molecular weight is 655 g/mol. The summed E-state index contributed by atoms with van der Waals surface area (Å²) in [5.74, 6) is -1.49. The molecule has 0 aliphatic carbocycles. The maximum Gasteiger partial charge on any atom is 0.288 e. The van der Waals surface area contributed by atoms with Gasteiger partial charge in [-0.05, 0) is 60.4 Å². The average Bonchev–Trinajstić information content (AvgIpc) is 3.47. The van der Waals surface area contributed by atoms with Gasteiger partial charge in [0.05, 0.1) is 21.9 Å². The third-order valence-corrected chi connectivity index (χ3v) is 9.14. The molecule has 0 spiro atoms. The number of hydrogen-bond acceptors (Lipinski definition) is 7. The van der Waals surface area contributed by atoms with Gasteiger partial charge < -0.3 is 14.7 Å². The van der Waals surface area contributed by atoms with E-state index >= 15 is 8.78 Å². The molecule has 6 rings (SSSR count). The Kier molecular flexibility index (Phi) is 8.48. The van der Waals surface area contributed by atoms with Crippen LogP contribution in [0.1, 0.15) is 36.1 Å². The highest BCUT2D eigenvalue weighted by molar-refractivity contribution is 6.33. The molecule has 4 aromatic rings. The molecule has 0 saturated carbocycles. The highest BCUT2D eigenvalue weighted by Gasteiger charge is 2.38. The fraction of sp³-hybridized carbons (Fsp3) is 0.250. The van der Waals surface area contributed by atoms with Crippen molar-refractivity contribution >= 4 is 51.6 Å². The number of rotatable bonds is 7. The predicted molar refractivity (Wildman–Crippen MR) is 171 cm³/mol. The van der Waals surface area contributed by atoms with Gasteiger partial charge in [-0.2, -0.15) is 0 Å². The topological polar surface area (TPSA) is 96.0 Å². The van der Waals surface area contributed by atoms with E-state index in [4.69, 9.17) is 23.2 Å². The van der Waals surface area contributed by atoms with E-state index in [1.54, 1.807) is 21.9 Å². The van der Waals surface area contributed by atoms with E-state index < -0.39 is 33.6 Å². The highest BCUT2D eigenvalue weighted by atomic mass is 35.5. The molecule has 2 atom stereocenters. The van der Waals surface area contributed by atoms with Crippen LogP contribution in [0, 0.1) is 31.9 Å². The molecule has 45 heavy (non-hydrogen) atoms. The zero-order valence-electron chi connectivity index (χ0n) is 23.8. The Bertz CT molecular complexity index is 1680. The van der Waals surface area contributed by atoms with Gasteiger partial charge in [-0.1, -0.05) is 53.5 Å². The minimum Gasteiger partial charge on any atom is -0.368 e. The summed E-state index contributed by atoms with van der Waals surface area (Å²) in [7, 11) is 0. The first-order valence-electron chi connectivity index (χ1n) is 14.3. The number of anilines is 3. The van der Waals surface area contributed by atoms with Crippen molar-refractivity contribution in [1.29, 1.82) is 0 Å². The molecule has 0 aromatic heterocycles. The molecule has 2 saturated heterocycles. The Morgan fingerprint density at radius 2 is 1.11 bits per heavy atom. The fourth-order valence-corrected chi connectivity index (χ4v) is 6.78. The SMILES string of the molecule is O=[N+]([O-])c1cc(C2CCC(c3ccc(Cl)c([N+](=O)[O-])c3)N2c2cc(F)c(N3CCN(c4ccccc4)CC3)c(F)c2)ccc1Cl. The molecule has 2 fully saturated rings. The second-order valence-electron chi connectivity index (χ2n) is 11.0. The lowest BCUT2D eigenvalue weighted by Crippen LogP contribution is -2.47. The van der Waals surface area contributed by atoms with Crippen LogP contribution in [0.5, 0.6) is 0 Å². The molecule has 4 aromatic carbocycles. The molecule has 13 heteroatoms. The van der Waals surface area contributed by atoms with E-state index in [-0.39, 0.29) is 32.8 Å². The largest absolute Gasteiger partial charge is 0.368 e. The van der Waals surface area contributed by atoms with Crippen molar-refractivity contribution in [3.63, 3.8) is 0 Å². The van der Waals surface area contributed by atoms with Gasteiger partial charge in [0.15, 0.2) is 11.6 Å². The van der Waals surface area contributed by atoms with Crippen LogP contribution in [0.25, 0.3) is 0 Å². The fourth-order valence-electron chi connectivity index (χ4n) is 6.41. The Hall–Kier alpha value is -4.48. The molecule has 2 heterocycles. The van der Waals surface area contributed by atoms with E-state index in [0.29, 0.717) is 50.1 Å². The van der Waals surface area contributed by atoms with Gasteiger partial charge >= 0.3 is 0 Å². The second-order valence-corrected chi connectivity index (χ2v) is 11.8. The number of nitro benzene ring substituents is 2. The third kappa shape index (κ3) is 5.97. The van der Waals surface area contributed by atoms with Crippen LogP contribution < -0.4 is 14.7 Å². The lowest BCUT2D eigenvalue weighted by atomic mass is 10.0. The van der Waals surface area contributed by atoms with Crippen molar-refractivity contribution in [3.8, 4) is 0 Å². The summed E-state index contributed by atoms with van der Waals surface area (Å²) in [6, 6.07) is 20.1. The lowest BCUT2D eigenvalue weighted by molar-refractivity contribution is -0.384. The number of benzene rings is 4. The summed E-state index contributed by atoms with van der Waals surface area (Å²) in [5.41, 5.74) is 1.61. The van der Waals surface area contributed by atoms with E-state index in [2.05, 4.69) is 4.90 Å². The standard InChI is InChI=1S/C32H27Cl2F2N5O4/c33-24-8-6-20(16-30(24)40(42)43)28-10-11-29(21-7-9-25(34)31(17-21)41(44)45)39(28)23-18-26(35)32(27(36)19-23)38-14-12-37(13-15-38)22-4-2-1-3-5-22/h1-9,16-19,28-29H,10-15H2. The summed E-state index contributed by atoms with van der Waals surface area (Å²) in [6.45, 7) is 2.01. The molecule has 232 valence electrons. The number of hydrogen-bond donors (Lipinski definition) is 0. The van der Waals surface area contributed by atoms with Crippen molar-refractivity contribution in [2.24, 2.45) is 0 Å². The quantitative estimate of drug-likeness (QED) is 0.146. The van der Waals surface area contributed by atoms with Crippen molar-refractivity contribution in [2.45, 2.75) is 24.9 Å². The zero-order valence-corrected chi connectivity index (χ0v) is 25.3. The Morgan fingerprint density at radius 1 is 0.644 bits per heavy atom. The number of nitrogens with zero attached hydrogens (tertiary/aromatic N) is 5. The Morgan fingerprint density at radius 3 is 1.58 bits per heavy atom. The first-order chi connectivity index (χ1) is 21.6. The summed E-state index contributed by atoms with van der Waals surface area (Å²) in [4.78, 5) is 27.8. The second kappa shape index (κ2) is 12.5. The molecule has 0 radical (unpaired) electrons. The Labute approximate surface area is 267 Å². The minimum atomic E-state index is -0.744. The van der Waals surface area contributed by atoms with E-state index in [9.17, 15) is 20.2 Å². The van der Waals surface area contributed by atoms with Gasteiger partial charge in [0.1, 0.15) is 15.7 Å². The van der Waals surface area contributed by atoms with E-state index in [1.165, 1.54) is 36.4 Å². The minimum absolute atomic E-state index is 0.0352. The number of para-hydroxylation sites is 1. The molecular formula is C32H27Cl2F2N5O4. The normalized spacial score (nSPS) is 18.4. The van der Waals surface area contributed by atoms with Gasteiger partial charge in [-0.15, -0.1) is 0 Å². The van der Waals surface area contributed by atoms with E-state index in [1.807, 2.05) is 30.3 Å². The summed E-state index contributed by atoms with van der Waals surface area (Å²) in [5, 5.41) is 23.3. The van der Waals surface area contributed by atoms with Crippen LogP contribution in [-0.4, -0.2) is 36.0 Å². The summed E-state index contributed by atoms with van der Waals surface area (Å²) < 4.78 is 31.9. The number of halogens is 4. The van der Waals surface area contributed by atoms with Crippen LogP contribution in [0.2, 0.25) is 10.0 Å². The van der Waals surface area contributed by atoms with Gasteiger partial charge in [-0.25, -0.2) is 8.78 Å². The van der Waals surface area contributed by atoms with Gasteiger partial charge in [0, 0.05) is 49.7 Å². The first-order valence-corrected chi connectivity index (χ1v) is 15.1. The van der Waals surface area contributed by atoms with Crippen LogP contribution in [0.3, 0.4) is 0 Å². The summed E-state index contributed by atoms with van der Waals surface area (Å²) in [6.07, 6.45) is 0.901. The van der Waals surface area contributed by atoms with E-state index in [0.717, 1.165) is 5.69 Å². The molecular weight excluding hydrogens is 627 g/mol. The highest BCUT2D eigenvalue weighted by Crippen LogP contribution is 2.49. The molecule has 2 aliphatic rings. The number of nitro groups is 2. The van der Waals surface area contributed by atoms with Crippen LogP contribution in [-0.2, 0) is 0 Å². The maximum atomic E-state index is 15.9. The zero-order chi connectivity index (χ0) is 31.8. The van der Waals surface area contributed by atoms with Crippen molar-refractivity contribution < 1.29 is 18.6 Å². The smallest absolute Gasteiger partial charge is 0.288 e. The first kappa shape index (κ1) is 30.5. The predicted octanol–water partition coefficient (Wildman–Crippen LogP) is 8.50. The maximum absolute atomic E-state index is 15.9. The van der Waals surface area contributed by atoms with Crippen molar-refractivity contribution in [1.82, 2.24) is 0 Å². The van der Waals surface area contributed by atoms with Gasteiger partial charge in [0.25, 0.3) is 11.4 Å². The summed E-state index contributed by atoms with van der Waals surface area (Å²) >= 11 is 12.2. The monoisotopic (exact) mass is 653 g/mol. The van der Waals surface area contributed by atoms with Crippen LogP contribution in [0.4, 0.5) is 37.2 Å². The molecule has 0 amide bonds. The van der Waals surface area contributed by atoms with Crippen LogP contribution in [0.15, 0.2) is 78.9 Å². The molecule has 2 unspecified atom stereocenters. The van der Waals surface area contributed by atoms with Crippen molar-refractivity contribution in [2.75, 3.05) is 40.9 Å². The third-order valence-electron chi connectivity index (χ3n) is 8.51. The van der Waals surface area contributed by atoms with Gasteiger partial charge in [0.2, 0.25) is 0 Å². The van der Waals surface area contributed by atoms with Crippen LogP contribution >= 0.6 is 23.2 Å². The van der Waals surface area contributed by atoms with Gasteiger partial charge in [-0.3, -0.25) is 20.2 Å². The number of piperazine rings is 1. The lowest BCUT2D eigenvalue weighted by Gasteiger charge is -2.38. The molecule has 2 aliphatic heterocycles. The molecule has 9 nitrogen and oxygen atoms in total. The Balaban J connectivity index is 1.37. The van der Waals surface area contributed by atoms with Crippen molar-refractivity contribution in [3.05, 3.63) is 132 Å².